The van der Waals surface area contributed by atoms with Gasteiger partial charge in [-0.2, -0.15) is 9.40 Å². The molecule has 2 heterocycles. The number of halogens is 1. The predicted octanol–water partition coefficient (Wildman–Crippen LogP) is 1.82. The highest BCUT2D eigenvalue weighted by Gasteiger charge is 2.36. The highest BCUT2D eigenvalue weighted by Crippen LogP contribution is 2.28. The van der Waals surface area contributed by atoms with Gasteiger partial charge in [0.25, 0.3) is 0 Å². The summed E-state index contributed by atoms with van der Waals surface area (Å²) < 4.78 is 45.5. The minimum absolute atomic E-state index is 0.146. The maximum Gasteiger partial charge on any atom is 0.246 e. The van der Waals surface area contributed by atoms with E-state index in [1.54, 1.807) is 13.2 Å². The van der Waals surface area contributed by atoms with Crippen LogP contribution in [0.3, 0.4) is 0 Å². The van der Waals surface area contributed by atoms with Crippen molar-refractivity contribution in [1.82, 2.24) is 14.5 Å². The summed E-state index contributed by atoms with van der Waals surface area (Å²) >= 11 is 0. The minimum Gasteiger partial charge on any atom is -0.380 e. The zero-order chi connectivity index (χ0) is 17.2. The Morgan fingerprint density at radius 2 is 2.29 bits per heavy atom. The molecule has 3 rings (SSSR count). The first-order valence-corrected chi connectivity index (χ1v) is 9.21. The summed E-state index contributed by atoms with van der Waals surface area (Å²) in [6.07, 6.45) is 3.76. The highest BCUT2D eigenvalue weighted by atomic mass is 32.2. The fourth-order valence-corrected chi connectivity index (χ4v) is 4.53. The van der Waals surface area contributed by atoms with Crippen LogP contribution in [0, 0.1) is 11.7 Å². The Morgan fingerprint density at radius 1 is 1.46 bits per heavy atom. The summed E-state index contributed by atoms with van der Waals surface area (Å²) in [5.74, 6) is -0.117. The molecule has 1 aliphatic heterocycles. The van der Waals surface area contributed by atoms with Gasteiger partial charge in [-0.3, -0.25) is 5.10 Å². The average Bonchev–Trinajstić information content (AvgIpc) is 3.10. The molecule has 0 bridgehead atoms. The number of ether oxygens (including phenoxy) is 1. The van der Waals surface area contributed by atoms with Gasteiger partial charge in [-0.15, -0.1) is 0 Å². The lowest BCUT2D eigenvalue weighted by Gasteiger charge is -2.37. The normalized spacial score (nSPS) is 22.6. The van der Waals surface area contributed by atoms with Crippen LogP contribution < -0.4 is 0 Å². The summed E-state index contributed by atoms with van der Waals surface area (Å²) in [6, 6.07) is 6.49. The number of aromatic amines is 1. The van der Waals surface area contributed by atoms with Crippen molar-refractivity contribution in [2.24, 2.45) is 5.92 Å². The standard InChI is InChI=1S/C16H20FN3O3S/c1-23-16-11-20(24(21,22)15-9-18-19-10-15)6-5-13(16)7-12-3-2-4-14(17)8-12/h2-4,8-10,13,16H,5-7,11H2,1H3,(H,18,19)/t13-,16-/m1/s1. The molecule has 0 saturated carbocycles. The molecule has 0 radical (unpaired) electrons. The van der Waals surface area contributed by atoms with Gasteiger partial charge in [0.05, 0.1) is 12.3 Å². The number of hydrogen-bond acceptors (Lipinski definition) is 4. The van der Waals surface area contributed by atoms with Crippen molar-refractivity contribution < 1.29 is 17.5 Å². The molecule has 2 aromatic rings. The van der Waals surface area contributed by atoms with Crippen LogP contribution in [0.25, 0.3) is 0 Å². The van der Waals surface area contributed by atoms with Crippen LogP contribution in [0.4, 0.5) is 4.39 Å². The number of methoxy groups -OCH3 is 1. The van der Waals surface area contributed by atoms with E-state index >= 15 is 0 Å². The second-order valence-electron chi connectivity index (χ2n) is 5.95. The Morgan fingerprint density at radius 3 is 2.96 bits per heavy atom. The van der Waals surface area contributed by atoms with Gasteiger partial charge in [0.1, 0.15) is 10.7 Å². The Labute approximate surface area is 140 Å². The molecule has 8 heteroatoms. The monoisotopic (exact) mass is 353 g/mol. The molecule has 1 saturated heterocycles. The van der Waals surface area contributed by atoms with E-state index in [1.807, 2.05) is 6.07 Å². The lowest BCUT2D eigenvalue weighted by molar-refractivity contribution is 0.0115. The van der Waals surface area contributed by atoms with E-state index in [9.17, 15) is 12.8 Å². The molecule has 6 nitrogen and oxygen atoms in total. The quantitative estimate of drug-likeness (QED) is 0.890. The average molecular weight is 353 g/mol. The van der Waals surface area contributed by atoms with Gasteiger partial charge in [-0.05, 0) is 36.5 Å². The zero-order valence-corrected chi connectivity index (χ0v) is 14.2. The SMILES string of the molecule is CO[C@@H]1CN(S(=O)(=O)c2cn[nH]c2)CC[C@@H]1Cc1cccc(F)c1. The first-order valence-electron chi connectivity index (χ1n) is 7.77. The molecule has 0 spiro atoms. The van der Waals surface area contributed by atoms with Crippen LogP contribution in [-0.4, -0.2) is 49.2 Å². The number of benzene rings is 1. The fourth-order valence-electron chi connectivity index (χ4n) is 3.15. The third-order valence-corrected chi connectivity index (χ3v) is 6.29. The zero-order valence-electron chi connectivity index (χ0n) is 13.4. The highest BCUT2D eigenvalue weighted by molar-refractivity contribution is 7.89. The van der Waals surface area contributed by atoms with E-state index in [1.165, 1.54) is 28.8 Å². The predicted molar refractivity (Wildman–Crippen MR) is 86.4 cm³/mol. The summed E-state index contributed by atoms with van der Waals surface area (Å²) in [7, 11) is -1.98. The van der Waals surface area contributed by atoms with Crippen molar-refractivity contribution in [3.63, 3.8) is 0 Å². The van der Waals surface area contributed by atoms with Gasteiger partial charge in [0.2, 0.25) is 10.0 Å². The molecule has 24 heavy (non-hydrogen) atoms. The van der Waals surface area contributed by atoms with Gasteiger partial charge >= 0.3 is 0 Å². The number of aromatic nitrogens is 2. The molecule has 1 N–H and O–H groups in total. The van der Waals surface area contributed by atoms with Crippen molar-refractivity contribution in [1.29, 1.82) is 0 Å². The molecule has 0 aliphatic carbocycles. The number of sulfonamides is 1. The summed E-state index contributed by atoms with van der Waals surface area (Å²) in [6.45, 7) is 0.692. The Balaban J connectivity index is 1.72. The molecular weight excluding hydrogens is 333 g/mol. The largest absolute Gasteiger partial charge is 0.380 e. The molecule has 1 fully saturated rings. The van der Waals surface area contributed by atoms with Crippen LogP contribution in [0.2, 0.25) is 0 Å². The lowest BCUT2D eigenvalue weighted by atomic mass is 9.88. The third kappa shape index (κ3) is 3.50. The lowest BCUT2D eigenvalue weighted by Crippen LogP contribution is -2.47. The van der Waals surface area contributed by atoms with Crippen LogP contribution in [0.5, 0.6) is 0 Å². The first-order chi connectivity index (χ1) is 11.5. The second kappa shape index (κ2) is 7.00. The molecule has 0 unspecified atom stereocenters. The van der Waals surface area contributed by atoms with Gasteiger partial charge in [-0.25, -0.2) is 12.8 Å². The smallest absolute Gasteiger partial charge is 0.246 e. The number of piperidine rings is 1. The van der Waals surface area contributed by atoms with Gasteiger partial charge in [0, 0.05) is 26.4 Å². The Hall–Kier alpha value is -1.77. The minimum atomic E-state index is -3.57. The Kier molecular flexibility index (Phi) is 4.98. The van der Waals surface area contributed by atoms with Crippen LogP contribution in [-0.2, 0) is 21.2 Å². The molecule has 1 aromatic heterocycles. The molecule has 2 atom stereocenters. The van der Waals surface area contributed by atoms with Crippen molar-refractivity contribution >= 4 is 10.0 Å². The molecular formula is C16H20FN3O3S. The van der Waals surface area contributed by atoms with E-state index in [4.69, 9.17) is 4.74 Å². The number of rotatable bonds is 5. The fraction of sp³-hybridized carbons (Fsp3) is 0.438. The Bertz CT molecular complexity index is 780. The maximum atomic E-state index is 13.3. The van der Waals surface area contributed by atoms with Gasteiger partial charge in [0.15, 0.2) is 0 Å². The van der Waals surface area contributed by atoms with Crippen molar-refractivity contribution in [2.75, 3.05) is 20.2 Å². The van der Waals surface area contributed by atoms with E-state index in [0.29, 0.717) is 19.4 Å². The number of nitrogens with one attached hydrogen (secondary N) is 1. The van der Waals surface area contributed by atoms with Crippen LogP contribution in [0.1, 0.15) is 12.0 Å². The molecule has 130 valence electrons. The van der Waals surface area contributed by atoms with Crippen LogP contribution >= 0.6 is 0 Å². The number of nitrogens with zero attached hydrogens (tertiary/aromatic N) is 2. The summed E-state index contributed by atoms with van der Waals surface area (Å²) in [5, 5.41) is 6.23. The van der Waals surface area contributed by atoms with E-state index in [-0.39, 0.29) is 29.3 Å². The van der Waals surface area contributed by atoms with Gasteiger partial charge < -0.3 is 4.74 Å². The van der Waals surface area contributed by atoms with Gasteiger partial charge in [-0.1, -0.05) is 12.1 Å². The second-order valence-corrected chi connectivity index (χ2v) is 7.89. The third-order valence-electron chi connectivity index (χ3n) is 4.46. The molecule has 1 aromatic carbocycles. The molecule has 0 amide bonds. The van der Waals surface area contributed by atoms with Crippen molar-refractivity contribution in [3.05, 3.63) is 48.0 Å². The van der Waals surface area contributed by atoms with Crippen molar-refractivity contribution in [2.45, 2.75) is 23.8 Å². The van der Waals surface area contributed by atoms with E-state index < -0.39 is 10.0 Å². The summed E-state index contributed by atoms with van der Waals surface area (Å²) in [4.78, 5) is 0.154. The van der Waals surface area contributed by atoms with E-state index in [0.717, 1.165) is 5.56 Å². The van der Waals surface area contributed by atoms with Crippen LogP contribution in [0.15, 0.2) is 41.6 Å². The maximum absolute atomic E-state index is 13.3. The number of hydrogen-bond donors (Lipinski definition) is 1. The topological polar surface area (TPSA) is 75.3 Å². The van der Waals surface area contributed by atoms with Crippen molar-refractivity contribution in [3.8, 4) is 0 Å². The summed E-state index contributed by atoms with van der Waals surface area (Å²) in [5.41, 5.74) is 0.896. The first kappa shape index (κ1) is 17.1. The number of H-pyrrole nitrogens is 1. The molecule has 1 aliphatic rings. The van der Waals surface area contributed by atoms with E-state index in [2.05, 4.69) is 10.2 Å².